The Morgan fingerprint density at radius 1 is 0.439 bits per heavy atom. The fourth-order valence-electron chi connectivity index (χ4n) is 8.35. The summed E-state index contributed by atoms with van der Waals surface area (Å²) >= 11 is -1.28. The van der Waals surface area contributed by atoms with Crippen molar-refractivity contribution >= 4 is 71.2 Å². The second-order valence-corrected chi connectivity index (χ2v) is 16.7. The van der Waals surface area contributed by atoms with Crippen LogP contribution in [0.5, 0.6) is 0 Å². The fourth-order valence-corrected chi connectivity index (χ4v) is 11.8. The summed E-state index contributed by atoms with van der Waals surface area (Å²) in [5.74, 6) is 0. The van der Waals surface area contributed by atoms with Crippen LogP contribution in [0.15, 0.2) is 194 Å². The molecule has 0 amide bonds. The molecule has 6 heteroatoms. The third-order valence-corrected chi connectivity index (χ3v) is 13.9. The molecular formula is C51H35BN4Pt-2. The number of rotatable bonds is 4. The molecule has 0 aliphatic carbocycles. The fraction of sp³-hybridized carbons (Fsp3) is 0.0196. The first kappa shape index (κ1) is 30.6. The summed E-state index contributed by atoms with van der Waals surface area (Å²) in [6.45, 7) is -2.78. The van der Waals surface area contributed by atoms with Crippen molar-refractivity contribution in [1.82, 2.24) is 0 Å². The SMILES string of the molecule is [2H]C([2H])([2H])N1[C]2=[Pt]=[C]3N(c4[c-]c(ccc4)B(c4c(-c5ccccc5)cccc4-c4ccccc4)c4[c-]c(ccc4)N2c2ccccc21)c1ccccc1N3c1ccccc1. The molecular weight excluding hydrogens is 874 g/mol. The van der Waals surface area contributed by atoms with Gasteiger partial charge in [-0.2, -0.15) is 0 Å². The van der Waals surface area contributed by atoms with E-state index in [2.05, 4.69) is 191 Å². The van der Waals surface area contributed by atoms with Crippen molar-refractivity contribution in [1.29, 1.82) is 0 Å². The van der Waals surface area contributed by atoms with Crippen molar-refractivity contribution < 1.29 is 21.8 Å². The summed E-state index contributed by atoms with van der Waals surface area (Å²) in [4.78, 5) is 8.39. The molecule has 3 heterocycles. The number of hydrogen-bond acceptors (Lipinski definition) is 4. The van der Waals surface area contributed by atoms with Gasteiger partial charge in [0.1, 0.15) is 0 Å². The van der Waals surface area contributed by atoms with E-state index in [1.165, 1.54) is 0 Å². The Balaban J connectivity index is 1.28. The van der Waals surface area contributed by atoms with Gasteiger partial charge in [0.2, 0.25) is 0 Å². The van der Waals surface area contributed by atoms with E-state index in [-0.39, 0.29) is 6.71 Å². The molecule has 0 radical (unpaired) electrons. The van der Waals surface area contributed by atoms with Gasteiger partial charge in [-0.25, -0.2) is 0 Å². The van der Waals surface area contributed by atoms with Crippen molar-refractivity contribution in [3.8, 4) is 22.3 Å². The molecule has 0 spiro atoms. The quantitative estimate of drug-likeness (QED) is 0.129. The molecule has 0 atom stereocenters. The van der Waals surface area contributed by atoms with Gasteiger partial charge in [-0.1, -0.05) is 0 Å². The second-order valence-electron chi connectivity index (χ2n) is 14.1. The van der Waals surface area contributed by atoms with Crippen LogP contribution in [-0.4, -0.2) is 22.0 Å². The van der Waals surface area contributed by atoms with Gasteiger partial charge in [0, 0.05) is 0 Å². The molecule has 0 fully saturated rings. The Bertz CT molecular complexity index is 2950. The van der Waals surface area contributed by atoms with Gasteiger partial charge in [0.25, 0.3) is 0 Å². The Hall–Kier alpha value is -6.55. The Kier molecular flexibility index (Phi) is 7.46. The summed E-state index contributed by atoms with van der Waals surface area (Å²) in [5, 5.41) is 0. The molecule has 274 valence electrons. The first-order valence-electron chi connectivity index (χ1n) is 20.5. The zero-order valence-corrected chi connectivity index (χ0v) is 32.9. The van der Waals surface area contributed by atoms with Gasteiger partial charge in [-0.05, 0) is 0 Å². The molecule has 0 saturated heterocycles. The van der Waals surface area contributed by atoms with Crippen LogP contribution in [0.2, 0.25) is 0 Å². The summed E-state index contributed by atoms with van der Waals surface area (Å²) in [6, 6.07) is 75.3. The van der Waals surface area contributed by atoms with E-state index in [0.29, 0.717) is 5.69 Å². The molecule has 57 heavy (non-hydrogen) atoms. The van der Waals surface area contributed by atoms with E-state index in [0.717, 1.165) is 81.1 Å². The number of para-hydroxylation sites is 5. The maximum absolute atomic E-state index is 9.06. The Morgan fingerprint density at radius 3 is 1.46 bits per heavy atom. The van der Waals surface area contributed by atoms with E-state index in [4.69, 9.17) is 4.11 Å². The van der Waals surface area contributed by atoms with E-state index in [1.54, 1.807) is 4.90 Å². The first-order chi connectivity index (χ1) is 29.4. The van der Waals surface area contributed by atoms with E-state index < -0.39 is 24.6 Å². The van der Waals surface area contributed by atoms with Crippen LogP contribution in [0, 0.1) is 12.1 Å². The number of fused-ring (bicyclic) bond motifs is 12. The van der Waals surface area contributed by atoms with Gasteiger partial charge in [-0.3, -0.25) is 0 Å². The number of nitrogens with zero attached hydrogens (tertiary/aromatic N) is 4. The average Bonchev–Trinajstić information content (AvgIpc) is 3.80. The van der Waals surface area contributed by atoms with Crippen molar-refractivity contribution in [2.24, 2.45) is 0 Å². The Morgan fingerprint density at radius 2 is 0.895 bits per heavy atom. The van der Waals surface area contributed by atoms with Crippen molar-refractivity contribution in [2.45, 2.75) is 0 Å². The summed E-state index contributed by atoms with van der Waals surface area (Å²) in [5.41, 5.74) is 13.8. The average molecular weight is 913 g/mol. The molecule has 0 unspecified atom stereocenters. The third-order valence-electron chi connectivity index (χ3n) is 10.8. The minimum absolute atomic E-state index is 0.322. The third kappa shape index (κ3) is 5.57. The van der Waals surface area contributed by atoms with Gasteiger partial charge in [0.15, 0.2) is 0 Å². The van der Waals surface area contributed by atoms with Crippen LogP contribution in [0.25, 0.3) is 22.3 Å². The van der Waals surface area contributed by atoms with E-state index in [1.807, 2.05) is 30.3 Å². The van der Waals surface area contributed by atoms with Crippen molar-refractivity contribution in [3.05, 3.63) is 206 Å². The minimum atomic E-state index is -2.46. The molecule has 3 aliphatic heterocycles. The second kappa shape index (κ2) is 13.9. The first-order valence-corrected chi connectivity index (χ1v) is 21.3. The van der Waals surface area contributed by atoms with Gasteiger partial charge in [0.05, 0.1) is 0 Å². The van der Waals surface area contributed by atoms with Gasteiger partial charge in [-0.15, -0.1) is 0 Å². The number of hydrogen-bond donors (Lipinski definition) is 0. The monoisotopic (exact) mass is 912 g/mol. The number of anilines is 7. The molecule has 8 aromatic rings. The molecule has 0 N–H and O–H groups in total. The van der Waals surface area contributed by atoms with Crippen LogP contribution < -0.4 is 36.0 Å². The molecule has 4 bridgehead atoms. The summed E-state index contributed by atoms with van der Waals surface area (Å²) in [7, 11) is 0. The van der Waals surface area contributed by atoms with E-state index >= 15 is 0 Å². The predicted octanol–water partition coefficient (Wildman–Crippen LogP) is 9.29. The van der Waals surface area contributed by atoms with Crippen LogP contribution in [-0.2, 0) is 17.6 Å². The van der Waals surface area contributed by atoms with E-state index in [9.17, 15) is 0 Å². The normalized spacial score (nSPS) is 15.2. The van der Waals surface area contributed by atoms with Crippen molar-refractivity contribution in [2.75, 3.05) is 26.6 Å². The van der Waals surface area contributed by atoms with Gasteiger partial charge < -0.3 is 0 Å². The molecule has 0 saturated carbocycles. The maximum atomic E-state index is 9.06. The summed E-state index contributed by atoms with van der Waals surface area (Å²) in [6.07, 6.45) is 0. The molecule has 4 nitrogen and oxygen atoms in total. The van der Waals surface area contributed by atoms with Crippen LogP contribution in [0.4, 0.5) is 39.8 Å². The zero-order chi connectivity index (χ0) is 40.4. The Labute approximate surface area is 346 Å². The zero-order valence-electron chi connectivity index (χ0n) is 33.7. The molecule has 8 aromatic carbocycles. The standard InChI is InChI=1S/C51H35BN4.Pt/c1-53-36-54(48-31-12-11-30-47(48)53)43-26-15-22-40(34-43)52(51-45(38-18-5-2-6-19-38)28-17-29-46(51)39-20-7-3-8-21-39)41-23-16-27-44(35-41)56-37-55(42-24-9-4-10-25-42)49-32-13-14-33-50(49)56;/h2-33H,1H3;/q-2;/i1D3;. The van der Waals surface area contributed by atoms with Crippen LogP contribution in [0.1, 0.15) is 4.11 Å². The molecule has 0 aromatic heterocycles. The van der Waals surface area contributed by atoms with Crippen LogP contribution >= 0.6 is 0 Å². The number of benzene rings is 8. The topological polar surface area (TPSA) is 13.0 Å². The molecule has 3 aliphatic rings. The van der Waals surface area contributed by atoms with Crippen molar-refractivity contribution in [3.63, 3.8) is 0 Å². The summed E-state index contributed by atoms with van der Waals surface area (Å²) < 4.78 is 28.9. The predicted molar refractivity (Wildman–Crippen MR) is 237 cm³/mol. The van der Waals surface area contributed by atoms with Crippen LogP contribution in [0.3, 0.4) is 0 Å². The molecule has 11 rings (SSSR count). The van der Waals surface area contributed by atoms with Gasteiger partial charge >= 0.3 is 348 Å².